The van der Waals surface area contributed by atoms with Crippen molar-refractivity contribution in [2.45, 2.75) is 25.9 Å². The maximum atomic E-state index is 12.8. The number of fused-ring (bicyclic) bond motifs is 3. The van der Waals surface area contributed by atoms with Crippen molar-refractivity contribution in [2.75, 3.05) is 5.75 Å². The highest BCUT2D eigenvalue weighted by molar-refractivity contribution is 7.99. The first-order valence-corrected chi connectivity index (χ1v) is 9.93. The number of ketones is 1. The fourth-order valence-electron chi connectivity index (χ4n) is 3.37. The number of carbonyl (C=O) groups excluding carboxylic acids is 1. The number of benzene rings is 2. The number of hydrogen-bond donors (Lipinski definition) is 0. The van der Waals surface area contributed by atoms with Crippen molar-refractivity contribution in [3.8, 4) is 0 Å². The van der Waals surface area contributed by atoms with Crippen LogP contribution in [0.15, 0.2) is 46.3 Å². The van der Waals surface area contributed by atoms with Crippen LogP contribution in [0.4, 0.5) is 0 Å². The van der Waals surface area contributed by atoms with Gasteiger partial charge in [-0.2, -0.15) is 0 Å². The standard InChI is InChI=1S/C21H20N4O2S/c1-12-9-14(3)16(10-13(12)2)18(26)11-28-21-23-22-20-24(4)19(27)15-7-5-6-8-17(15)25(20)21/h5-10H,11H2,1-4H3. The number of aryl methyl sites for hydroxylation is 4. The van der Waals surface area contributed by atoms with Crippen molar-refractivity contribution in [1.82, 2.24) is 19.2 Å². The first-order chi connectivity index (χ1) is 13.4. The van der Waals surface area contributed by atoms with Gasteiger partial charge in [-0.25, -0.2) is 0 Å². The maximum Gasteiger partial charge on any atom is 0.262 e. The summed E-state index contributed by atoms with van der Waals surface area (Å²) in [5.41, 5.74) is 4.62. The average Bonchev–Trinajstić information content (AvgIpc) is 3.11. The Balaban J connectivity index is 1.73. The van der Waals surface area contributed by atoms with Crippen LogP contribution in [-0.4, -0.2) is 30.7 Å². The van der Waals surface area contributed by atoms with Crippen LogP contribution in [0.5, 0.6) is 0 Å². The van der Waals surface area contributed by atoms with Gasteiger partial charge in [0, 0.05) is 12.6 Å². The monoisotopic (exact) mass is 392 g/mol. The van der Waals surface area contributed by atoms with Crippen LogP contribution >= 0.6 is 11.8 Å². The van der Waals surface area contributed by atoms with Crippen LogP contribution in [-0.2, 0) is 7.05 Å². The normalized spacial score (nSPS) is 11.4. The van der Waals surface area contributed by atoms with Gasteiger partial charge < -0.3 is 0 Å². The van der Waals surface area contributed by atoms with Gasteiger partial charge in [-0.3, -0.25) is 18.6 Å². The molecule has 0 unspecified atom stereocenters. The summed E-state index contributed by atoms with van der Waals surface area (Å²) in [4.78, 5) is 25.3. The molecule has 2 heterocycles. The van der Waals surface area contributed by atoms with E-state index in [-0.39, 0.29) is 17.1 Å². The molecular weight excluding hydrogens is 372 g/mol. The van der Waals surface area contributed by atoms with Crippen LogP contribution in [0.3, 0.4) is 0 Å². The SMILES string of the molecule is Cc1cc(C)c(C(=O)CSc2nnc3n(C)c(=O)c4ccccc4n23)cc1C. The lowest BCUT2D eigenvalue weighted by Crippen LogP contribution is -2.20. The van der Waals surface area contributed by atoms with Gasteiger partial charge in [0.05, 0.1) is 16.7 Å². The Labute approximate surface area is 166 Å². The molecule has 0 amide bonds. The topological polar surface area (TPSA) is 69.3 Å². The zero-order valence-electron chi connectivity index (χ0n) is 16.2. The molecule has 0 aliphatic carbocycles. The number of aromatic nitrogens is 4. The van der Waals surface area contributed by atoms with Crippen molar-refractivity contribution in [3.05, 3.63) is 69.0 Å². The van der Waals surface area contributed by atoms with Gasteiger partial charge in [0.25, 0.3) is 5.56 Å². The third-order valence-electron chi connectivity index (χ3n) is 5.07. The molecule has 2 aromatic carbocycles. The predicted octanol–water partition coefficient (Wildman–Crippen LogP) is 3.48. The highest BCUT2D eigenvalue weighted by Gasteiger charge is 2.17. The number of carbonyl (C=O) groups is 1. The fraction of sp³-hybridized carbons (Fsp3) is 0.238. The van der Waals surface area contributed by atoms with E-state index in [2.05, 4.69) is 10.2 Å². The maximum absolute atomic E-state index is 12.8. The number of Topliss-reactive ketones (excluding diaryl/α,β-unsaturated/α-hetero) is 1. The van der Waals surface area contributed by atoms with E-state index in [9.17, 15) is 9.59 Å². The highest BCUT2D eigenvalue weighted by atomic mass is 32.2. The molecule has 0 radical (unpaired) electrons. The highest BCUT2D eigenvalue weighted by Crippen LogP contribution is 2.23. The largest absolute Gasteiger partial charge is 0.293 e. The first-order valence-electron chi connectivity index (χ1n) is 8.95. The van der Waals surface area contributed by atoms with Gasteiger partial charge in [0.15, 0.2) is 10.9 Å². The van der Waals surface area contributed by atoms with Crippen molar-refractivity contribution in [2.24, 2.45) is 7.05 Å². The van der Waals surface area contributed by atoms with E-state index in [0.29, 0.717) is 16.3 Å². The average molecular weight is 392 g/mol. The van der Waals surface area contributed by atoms with Gasteiger partial charge >= 0.3 is 0 Å². The first kappa shape index (κ1) is 18.4. The second-order valence-corrected chi connectivity index (χ2v) is 7.91. The lowest BCUT2D eigenvalue weighted by molar-refractivity contribution is 0.102. The smallest absolute Gasteiger partial charge is 0.262 e. The van der Waals surface area contributed by atoms with Gasteiger partial charge in [-0.15, -0.1) is 10.2 Å². The minimum atomic E-state index is -0.117. The third kappa shape index (κ3) is 2.92. The van der Waals surface area contributed by atoms with E-state index in [0.717, 1.165) is 22.2 Å². The Morgan fingerprint density at radius 2 is 1.75 bits per heavy atom. The molecular formula is C21H20N4O2S. The minimum absolute atomic E-state index is 0.0523. The molecule has 4 rings (SSSR count). The second kappa shape index (κ2) is 6.91. The molecule has 6 nitrogen and oxygen atoms in total. The quantitative estimate of drug-likeness (QED) is 0.393. The summed E-state index contributed by atoms with van der Waals surface area (Å²) in [5, 5.41) is 9.59. The second-order valence-electron chi connectivity index (χ2n) is 6.96. The fourth-order valence-corrected chi connectivity index (χ4v) is 4.20. The molecule has 0 saturated heterocycles. The van der Waals surface area contributed by atoms with Crippen molar-refractivity contribution in [1.29, 1.82) is 0 Å². The van der Waals surface area contributed by atoms with E-state index in [1.54, 1.807) is 13.1 Å². The van der Waals surface area contributed by atoms with Gasteiger partial charge in [0.2, 0.25) is 5.78 Å². The van der Waals surface area contributed by atoms with Crippen molar-refractivity contribution >= 4 is 34.2 Å². The summed E-state index contributed by atoms with van der Waals surface area (Å²) >= 11 is 1.33. The van der Waals surface area contributed by atoms with Crippen LogP contribution in [0.1, 0.15) is 27.0 Å². The lowest BCUT2D eigenvalue weighted by atomic mass is 9.99. The zero-order chi connectivity index (χ0) is 20.0. The Morgan fingerprint density at radius 3 is 2.54 bits per heavy atom. The van der Waals surface area contributed by atoms with Gasteiger partial charge in [-0.05, 0) is 55.7 Å². The molecule has 0 saturated carbocycles. The van der Waals surface area contributed by atoms with Crippen molar-refractivity contribution in [3.63, 3.8) is 0 Å². The molecule has 0 N–H and O–H groups in total. The van der Waals surface area contributed by atoms with E-state index >= 15 is 0 Å². The molecule has 28 heavy (non-hydrogen) atoms. The Hall–Kier alpha value is -2.93. The summed E-state index contributed by atoms with van der Waals surface area (Å²) in [6, 6.07) is 11.4. The summed E-state index contributed by atoms with van der Waals surface area (Å²) < 4.78 is 3.32. The van der Waals surface area contributed by atoms with Gasteiger partial charge in [-0.1, -0.05) is 30.0 Å². The number of hydrogen-bond acceptors (Lipinski definition) is 5. The summed E-state index contributed by atoms with van der Waals surface area (Å²) in [5.74, 6) is 0.763. The van der Waals surface area contributed by atoms with E-state index in [4.69, 9.17) is 0 Å². The number of thioether (sulfide) groups is 1. The molecule has 7 heteroatoms. The predicted molar refractivity (Wildman–Crippen MR) is 111 cm³/mol. The number of rotatable bonds is 4. The van der Waals surface area contributed by atoms with E-state index in [1.165, 1.54) is 21.9 Å². The minimum Gasteiger partial charge on any atom is -0.293 e. The Morgan fingerprint density at radius 1 is 1.04 bits per heavy atom. The number of para-hydroxylation sites is 1. The van der Waals surface area contributed by atoms with Crippen LogP contribution < -0.4 is 5.56 Å². The Kier molecular flexibility index (Phi) is 4.55. The van der Waals surface area contributed by atoms with Crippen molar-refractivity contribution < 1.29 is 4.79 Å². The third-order valence-corrected chi connectivity index (χ3v) is 6.00. The van der Waals surface area contributed by atoms with Crippen LogP contribution in [0, 0.1) is 20.8 Å². The molecule has 0 aliphatic rings. The number of nitrogens with zero attached hydrogens (tertiary/aromatic N) is 4. The molecule has 2 aromatic heterocycles. The van der Waals surface area contributed by atoms with E-state index in [1.807, 2.05) is 55.5 Å². The van der Waals surface area contributed by atoms with Crippen LogP contribution in [0.2, 0.25) is 0 Å². The summed E-state index contributed by atoms with van der Waals surface area (Å²) in [6.45, 7) is 6.01. The molecule has 0 aliphatic heterocycles. The molecule has 0 atom stereocenters. The van der Waals surface area contributed by atoms with Gasteiger partial charge in [0.1, 0.15) is 0 Å². The molecule has 0 fully saturated rings. The van der Waals surface area contributed by atoms with Crippen LogP contribution in [0.25, 0.3) is 16.7 Å². The molecule has 0 spiro atoms. The van der Waals surface area contributed by atoms with E-state index < -0.39 is 0 Å². The summed E-state index contributed by atoms with van der Waals surface area (Å²) in [7, 11) is 1.68. The molecule has 142 valence electrons. The lowest BCUT2D eigenvalue weighted by Gasteiger charge is -2.09. The molecule has 4 aromatic rings. The summed E-state index contributed by atoms with van der Waals surface area (Å²) in [6.07, 6.45) is 0. The zero-order valence-corrected chi connectivity index (χ0v) is 17.0. The molecule has 0 bridgehead atoms. The Bertz CT molecular complexity index is 1300.